The van der Waals surface area contributed by atoms with Gasteiger partial charge in [0.15, 0.2) is 0 Å². The Labute approximate surface area is 128 Å². The summed E-state index contributed by atoms with van der Waals surface area (Å²) in [4.78, 5) is 12.2. The smallest absolute Gasteiger partial charge is 0.221 e. The zero-order chi connectivity index (χ0) is 16.1. The number of hydrogen-bond acceptors (Lipinski definition) is 4. The molecule has 1 aliphatic carbocycles. The maximum atomic E-state index is 12.2. The lowest BCUT2D eigenvalue weighted by atomic mass is 9.79. The number of sulfonamides is 1. The van der Waals surface area contributed by atoms with Crippen LogP contribution in [0.25, 0.3) is 0 Å². The van der Waals surface area contributed by atoms with Gasteiger partial charge in [0.25, 0.3) is 0 Å². The van der Waals surface area contributed by atoms with Gasteiger partial charge in [-0.05, 0) is 33.7 Å². The molecule has 0 atom stereocenters. The first-order valence-corrected chi connectivity index (χ1v) is 9.41. The fourth-order valence-electron chi connectivity index (χ4n) is 2.97. The first-order valence-electron chi connectivity index (χ1n) is 7.52. The first-order chi connectivity index (χ1) is 9.58. The molecule has 0 aromatic rings. The highest BCUT2D eigenvalue weighted by molar-refractivity contribution is 7.88. The molecule has 0 spiro atoms. The monoisotopic (exact) mass is 319 g/mol. The minimum absolute atomic E-state index is 0.0328. The normalized spacial score (nSPS) is 19.2. The summed E-state index contributed by atoms with van der Waals surface area (Å²) < 4.78 is 25.1. The molecule has 0 aromatic carbocycles. The lowest BCUT2D eigenvalue weighted by molar-refractivity contribution is -0.123. The van der Waals surface area contributed by atoms with E-state index >= 15 is 0 Å². The Morgan fingerprint density at radius 1 is 1.19 bits per heavy atom. The van der Waals surface area contributed by atoms with Gasteiger partial charge in [-0.25, -0.2) is 13.1 Å². The highest BCUT2D eigenvalue weighted by Crippen LogP contribution is 2.30. The van der Waals surface area contributed by atoms with Crippen LogP contribution in [0.1, 0.15) is 52.4 Å². The van der Waals surface area contributed by atoms with Crippen molar-refractivity contribution in [1.29, 1.82) is 0 Å². The van der Waals surface area contributed by atoms with Crippen molar-refractivity contribution in [3.63, 3.8) is 0 Å². The summed E-state index contributed by atoms with van der Waals surface area (Å²) in [6.07, 6.45) is 7.12. The van der Waals surface area contributed by atoms with Crippen LogP contribution in [0.2, 0.25) is 0 Å². The van der Waals surface area contributed by atoms with E-state index in [0.717, 1.165) is 31.9 Å². The Morgan fingerprint density at radius 3 is 2.24 bits per heavy atom. The summed E-state index contributed by atoms with van der Waals surface area (Å²) in [5, 5.41) is 6.16. The lowest BCUT2D eigenvalue weighted by Crippen LogP contribution is -2.53. The maximum absolute atomic E-state index is 12.2. The summed E-state index contributed by atoms with van der Waals surface area (Å²) in [6, 6.07) is 0. The molecule has 6 nitrogen and oxygen atoms in total. The number of rotatable bonds is 7. The fraction of sp³-hybridized carbons (Fsp3) is 0.929. The van der Waals surface area contributed by atoms with Crippen molar-refractivity contribution < 1.29 is 13.2 Å². The molecule has 124 valence electrons. The molecule has 1 rings (SSSR count). The zero-order valence-corrected chi connectivity index (χ0v) is 14.4. The Kier molecular flexibility index (Phi) is 6.19. The maximum Gasteiger partial charge on any atom is 0.221 e. The van der Waals surface area contributed by atoms with E-state index in [1.807, 2.05) is 7.05 Å². The lowest BCUT2D eigenvalue weighted by Gasteiger charge is -2.37. The Balaban J connectivity index is 2.49. The van der Waals surface area contributed by atoms with Gasteiger partial charge in [-0.3, -0.25) is 4.79 Å². The van der Waals surface area contributed by atoms with E-state index in [4.69, 9.17) is 0 Å². The van der Waals surface area contributed by atoms with Crippen LogP contribution in [0.3, 0.4) is 0 Å². The number of hydrogen-bond donors (Lipinski definition) is 3. The molecule has 1 saturated carbocycles. The number of carbonyl (C=O) groups excluding carboxylic acids is 1. The van der Waals surface area contributed by atoms with E-state index in [1.54, 1.807) is 13.8 Å². The van der Waals surface area contributed by atoms with Gasteiger partial charge in [0.1, 0.15) is 0 Å². The highest BCUT2D eigenvalue weighted by Gasteiger charge is 2.33. The molecule has 0 heterocycles. The third-order valence-electron chi connectivity index (χ3n) is 4.03. The van der Waals surface area contributed by atoms with E-state index < -0.39 is 15.6 Å². The average molecular weight is 319 g/mol. The number of nitrogens with one attached hydrogen (secondary N) is 3. The van der Waals surface area contributed by atoms with Crippen LogP contribution >= 0.6 is 0 Å². The molecule has 1 amide bonds. The summed E-state index contributed by atoms with van der Waals surface area (Å²) >= 11 is 0. The number of amides is 1. The van der Waals surface area contributed by atoms with Crippen LogP contribution in [0.15, 0.2) is 0 Å². The topological polar surface area (TPSA) is 87.3 Å². The van der Waals surface area contributed by atoms with Crippen LogP contribution in [0.5, 0.6) is 0 Å². The van der Waals surface area contributed by atoms with E-state index in [2.05, 4.69) is 15.4 Å². The van der Waals surface area contributed by atoms with E-state index in [-0.39, 0.29) is 18.0 Å². The molecule has 3 N–H and O–H groups in total. The molecule has 0 aromatic heterocycles. The Bertz CT molecular complexity index is 454. The standard InChI is InChI=1S/C14H29N3O3S/c1-13(2,17-21(4,19)20)11-16-12(18)10-14(15-3)8-6-5-7-9-14/h15,17H,5-11H2,1-4H3,(H,16,18). The molecule has 0 saturated heterocycles. The van der Waals surface area contributed by atoms with Gasteiger partial charge in [-0.2, -0.15) is 0 Å². The van der Waals surface area contributed by atoms with Crippen LogP contribution in [0, 0.1) is 0 Å². The second-order valence-electron chi connectivity index (χ2n) is 6.80. The van der Waals surface area contributed by atoms with Crippen LogP contribution in [0.4, 0.5) is 0 Å². The van der Waals surface area contributed by atoms with Crippen molar-refractivity contribution in [2.24, 2.45) is 0 Å². The molecule has 0 unspecified atom stereocenters. The van der Waals surface area contributed by atoms with Crippen LogP contribution in [-0.4, -0.2) is 45.3 Å². The van der Waals surface area contributed by atoms with Gasteiger partial charge in [0, 0.05) is 24.0 Å². The summed E-state index contributed by atoms with van der Waals surface area (Å²) in [6.45, 7) is 3.78. The Hall–Kier alpha value is -0.660. The van der Waals surface area contributed by atoms with Crippen molar-refractivity contribution in [1.82, 2.24) is 15.4 Å². The molecule has 0 bridgehead atoms. The van der Waals surface area contributed by atoms with Gasteiger partial charge < -0.3 is 10.6 Å². The van der Waals surface area contributed by atoms with Crippen molar-refractivity contribution in [2.75, 3.05) is 19.8 Å². The molecule has 21 heavy (non-hydrogen) atoms. The summed E-state index contributed by atoms with van der Waals surface area (Å²) in [5.74, 6) is -0.0328. The second kappa shape index (κ2) is 7.07. The Morgan fingerprint density at radius 2 is 1.76 bits per heavy atom. The SMILES string of the molecule is CNC1(CC(=O)NCC(C)(C)NS(C)(=O)=O)CCCCC1. The van der Waals surface area contributed by atoms with Gasteiger partial charge >= 0.3 is 0 Å². The highest BCUT2D eigenvalue weighted by atomic mass is 32.2. The van der Waals surface area contributed by atoms with Crippen molar-refractivity contribution in [2.45, 2.75) is 63.5 Å². The number of carbonyl (C=O) groups is 1. The molecule has 7 heteroatoms. The minimum atomic E-state index is -3.29. The van der Waals surface area contributed by atoms with Gasteiger partial charge in [-0.1, -0.05) is 19.3 Å². The third-order valence-corrected chi connectivity index (χ3v) is 4.95. The predicted molar refractivity (Wildman–Crippen MR) is 84.6 cm³/mol. The minimum Gasteiger partial charge on any atom is -0.354 e. The molecule has 1 fully saturated rings. The van der Waals surface area contributed by atoms with Gasteiger partial charge in [-0.15, -0.1) is 0 Å². The molecule has 1 aliphatic rings. The van der Waals surface area contributed by atoms with Crippen molar-refractivity contribution in [3.8, 4) is 0 Å². The van der Waals surface area contributed by atoms with Gasteiger partial charge in [0.2, 0.25) is 15.9 Å². The third kappa shape index (κ3) is 6.76. The summed E-state index contributed by atoms with van der Waals surface area (Å²) in [5.41, 5.74) is -0.792. The van der Waals surface area contributed by atoms with E-state index in [1.165, 1.54) is 6.42 Å². The van der Waals surface area contributed by atoms with Crippen molar-refractivity contribution in [3.05, 3.63) is 0 Å². The van der Waals surface area contributed by atoms with E-state index in [9.17, 15) is 13.2 Å². The molecular weight excluding hydrogens is 290 g/mol. The van der Waals surface area contributed by atoms with Crippen molar-refractivity contribution >= 4 is 15.9 Å². The molecule has 0 aliphatic heterocycles. The average Bonchev–Trinajstić information content (AvgIpc) is 2.35. The van der Waals surface area contributed by atoms with E-state index in [0.29, 0.717) is 6.42 Å². The van der Waals surface area contributed by atoms with Crippen LogP contribution in [-0.2, 0) is 14.8 Å². The van der Waals surface area contributed by atoms with Crippen LogP contribution < -0.4 is 15.4 Å². The summed E-state index contributed by atoms with van der Waals surface area (Å²) in [7, 11) is -1.38. The first kappa shape index (κ1) is 18.4. The predicted octanol–water partition coefficient (Wildman–Crippen LogP) is 0.743. The zero-order valence-electron chi connectivity index (χ0n) is 13.6. The second-order valence-corrected chi connectivity index (χ2v) is 8.55. The molecule has 0 radical (unpaired) electrons. The van der Waals surface area contributed by atoms with Gasteiger partial charge in [0.05, 0.1) is 6.26 Å². The quantitative estimate of drug-likeness (QED) is 0.646. The molecular formula is C14H29N3O3S. The fourth-order valence-corrected chi connectivity index (χ4v) is 4.05. The largest absolute Gasteiger partial charge is 0.354 e.